The molecule has 3 N–H and O–H groups in total. The molecule has 0 saturated carbocycles. The highest BCUT2D eigenvalue weighted by Crippen LogP contribution is 2.19. The van der Waals surface area contributed by atoms with Gasteiger partial charge in [0.25, 0.3) is 0 Å². The molecule has 0 aromatic heterocycles. The molecule has 16 heavy (non-hydrogen) atoms. The molecule has 0 spiro atoms. The second-order valence-electron chi connectivity index (χ2n) is 3.06. The maximum Gasteiger partial charge on any atom is 0.335 e. The van der Waals surface area contributed by atoms with Crippen molar-refractivity contribution in [2.24, 2.45) is 0 Å². The average Bonchev–Trinajstić information content (AvgIpc) is 2.27. The third kappa shape index (κ3) is 2.91. The van der Waals surface area contributed by atoms with E-state index in [-0.39, 0.29) is 11.3 Å². The summed E-state index contributed by atoms with van der Waals surface area (Å²) in [6, 6.07) is 3.12. The van der Waals surface area contributed by atoms with Crippen molar-refractivity contribution in [3.8, 4) is 5.75 Å². The molecule has 0 unspecified atom stereocenters. The van der Waals surface area contributed by atoms with Gasteiger partial charge in [-0.2, -0.15) is 0 Å². The van der Waals surface area contributed by atoms with Crippen LogP contribution in [-0.4, -0.2) is 40.6 Å². The molecule has 0 saturated heterocycles. The van der Waals surface area contributed by atoms with Crippen LogP contribution >= 0.6 is 0 Å². The summed E-state index contributed by atoms with van der Waals surface area (Å²) in [6.45, 7) is -0.923. The number of carboxylic acid groups (broad SMARTS) is 1. The Hall–Kier alpha value is -1.66. The maximum absolute atomic E-state index is 13.3. The quantitative estimate of drug-likeness (QED) is 0.675. The van der Waals surface area contributed by atoms with E-state index in [1.54, 1.807) is 0 Å². The topological polar surface area (TPSA) is 87.0 Å². The summed E-state index contributed by atoms with van der Waals surface area (Å²) in [4.78, 5) is 10.5. The molecule has 0 heterocycles. The molecule has 5 nitrogen and oxygen atoms in total. The molecule has 0 atom stereocenters. The summed E-state index contributed by atoms with van der Waals surface area (Å²) < 4.78 is 18.2. The first-order valence-corrected chi connectivity index (χ1v) is 4.49. The minimum Gasteiger partial charge on any atom is -0.483 e. The predicted octanol–water partition coefficient (Wildman–Crippen LogP) is 0.256. The third-order valence-electron chi connectivity index (χ3n) is 1.88. The van der Waals surface area contributed by atoms with Gasteiger partial charge in [-0.25, -0.2) is 9.18 Å². The van der Waals surface area contributed by atoms with Crippen molar-refractivity contribution >= 4 is 5.97 Å². The number of aliphatic hydroxyl groups excluding tert-OH is 2. The van der Waals surface area contributed by atoms with E-state index in [1.807, 2.05) is 0 Å². The van der Waals surface area contributed by atoms with Crippen LogP contribution in [0.1, 0.15) is 10.4 Å². The molecular weight excluding hydrogens is 219 g/mol. The highest BCUT2D eigenvalue weighted by Gasteiger charge is 2.13. The lowest BCUT2D eigenvalue weighted by molar-refractivity contribution is 0.0598. The van der Waals surface area contributed by atoms with Gasteiger partial charge in [-0.05, 0) is 18.2 Å². The SMILES string of the molecule is O=C(O)c1ccc(OC(CO)CO)c(F)c1. The van der Waals surface area contributed by atoms with Crippen LogP contribution in [-0.2, 0) is 0 Å². The van der Waals surface area contributed by atoms with E-state index in [1.165, 1.54) is 6.07 Å². The summed E-state index contributed by atoms with van der Waals surface area (Å²) in [5.41, 5.74) is -0.200. The van der Waals surface area contributed by atoms with Gasteiger partial charge in [0.05, 0.1) is 18.8 Å². The number of benzene rings is 1. The fourth-order valence-electron chi connectivity index (χ4n) is 1.04. The smallest absolute Gasteiger partial charge is 0.335 e. The minimum atomic E-state index is -1.24. The number of halogens is 1. The van der Waals surface area contributed by atoms with Crippen LogP contribution in [0.4, 0.5) is 4.39 Å². The molecule has 1 aromatic rings. The van der Waals surface area contributed by atoms with Crippen molar-refractivity contribution in [3.63, 3.8) is 0 Å². The Morgan fingerprint density at radius 1 is 1.38 bits per heavy atom. The van der Waals surface area contributed by atoms with E-state index >= 15 is 0 Å². The Morgan fingerprint density at radius 3 is 2.44 bits per heavy atom. The van der Waals surface area contributed by atoms with Crippen LogP contribution in [0.15, 0.2) is 18.2 Å². The molecule has 0 amide bonds. The molecule has 0 fully saturated rings. The maximum atomic E-state index is 13.3. The van der Waals surface area contributed by atoms with E-state index < -0.39 is 31.1 Å². The van der Waals surface area contributed by atoms with Gasteiger partial charge in [0, 0.05) is 0 Å². The average molecular weight is 230 g/mol. The summed E-state index contributed by atoms with van der Waals surface area (Å²) in [5.74, 6) is -2.31. The van der Waals surface area contributed by atoms with Gasteiger partial charge in [-0.3, -0.25) is 0 Å². The normalized spacial score (nSPS) is 10.5. The van der Waals surface area contributed by atoms with Crippen molar-refractivity contribution in [2.45, 2.75) is 6.10 Å². The molecular formula is C10H11FO5. The standard InChI is InChI=1S/C10H11FO5/c11-8-3-6(10(14)15)1-2-9(8)16-7(4-12)5-13/h1-3,7,12-13H,4-5H2,(H,14,15). The van der Waals surface area contributed by atoms with Gasteiger partial charge in [0.15, 0.2) is 11.6 Å². The van der Waals surface area contributed by atoms with Gasteiger partial charge in [0.1, 0.15) is 6.10 Å². The number of carbonyl (C=O) groups is 1. The Morgan fingerprint density at radius 2 is 2.00 bits per heavy atom. The van der Waals surface area contributed by atoms with Crippen molar-refractivity contribution in [2.75, 3.05) is 13.2 Å². The molecule has 1 rings (SSSR count). The van der Waals surface area contributed by atoms with Gasteiger partial charge in [-0.15, -0.1) is 0 Å². The third-order valence-corrected chi connectivity index (χ3v) is 1.88. The van der Waals surface area contributed by atoms with E-state index in [2.05, 4.69) is 0 Å². The molecule has 1 aromatic carbocycles. The summed E-state index contributed by atoms with van der Waals surface area (Å²) in [7, 11) is 0. The first-order chi connectivity index (χ1) is 7.58. The van der Waals surface area contributed by atoms with Gasteiger partial charge < -0.3 is 20.1 Å². The molecule has 0 radical (unpaired) electrons. The second kappa shape index (κ2) is 5.43. The summed E-state index contributed by atoms with van der Waals surface area (Å²) in [5, 5.41) is 26.0. The van der Waals surface area contributed by atoms with Gasteiger partial charge in [0.2, 0.25) is 0 Å². The monoisotopic (exact) mass is 230 g/mol. The first-order valence-electron chi connectivity index (χ1n) is 4.49. The van der Waals surface area contributed by atoms with Crippen molar-refractivity contribution in [1.82, 2.24) is 0 Å². The number of hydrogen-bond donors (Lipinski definition) is 3. The Labute approximate surface area is 90.7 Å². The van der Waals surface area contributed by atoms with Crippen LogP contribution in [0.3, 0.4) is 0 Å². The molecule has 0 bridgehead atoms. The zero-order chi connectivity index (χ0) is 12.1. The van der Waals surface area contributed by atoms with Gasteiger partial charge in [-0.1, -0.05) is 0 Å². The molecule has 0 aliphatic carbocycles. The van der Waals surface area contributed by atoms with Crippen LogP contribution in [0, 0.1) is 5.82 Å². The number of aromatic carboxylic acids is 1. The second-order valence-corrected chi connectivity index (χ2v) is 3.06. The van der Waals surface area contributed by atoms with Crippen LogP contribution in [0.5, 0.6) is 5.75 Å². The molecule has 0 aliphatic rings. The lowest BCUT2D eigenvalue weighted by Gasteiger charge is -2.14. The number of ether oxygens (including phenoxy) is 1. The number of hydrogen-bond acceptors (Lipinski definition) is 4. The first kappa shape index (κ1) is 12.4. The lowest BCUT2D eigenvalue weighted by Crippen LogP contribution is -2.25. The summed E-state index contributed by atoms with van der Waals surface area (Å²) in [6.07, 6.45) is -0.926. The zero-order valence-corrected chi connectivity index (χ0v) is 8.26. The zero-order valence-electron chi connectivity index (χ0n) is 8.26. The lowest BCUT2D eigenvalue weighted by atomic mass is 10.2. The minimum absolute atomic E-state index is 0.200. The van der Waals surface area contributed by atoms with E-state index in [0.717, 1.165) is 12.1 Å². The van der Waals surface area contributed by atoms with E-state index in [0.29, 0.717) is 0 Å². The molecule has 0 aliphatic heterocycles. The largest absolute Gasteiger partial charge is 0.483 e. The fourth-order valence-corrected chi connectivity index (χ4v) is 1.04. The predicted molar refractivity (Wildman–Crippen MR) is 51.9 cm³/mol. The van der Waals surface area contributed by atoms with Crippen LogP contribution < -0.4 is 4.74 Å². The van der Waals surface area contributed by atoms with Crippen LogP contribution in [0.25, 0.3) is 0 Å². The fraction of sp³-hybridized carbons (Fsp3) is 0.300. The highest BCUT2D eigenvalue weighted by atomic mass is 19.1. The van der Waals surface area contributed by atoms with Crippen LogP contribution in [0.2, 0.25) is 0 Å². The Bertz CT molecular complexity index is 375. The highest BCUT2D eigenvalue weighted by molar-refractivity contribution is 5.87. The summed E-state index contributed by atoms with van der Waals surface area (Å²) >= 11 is 0. The van der Waals surface area contributed by atoms with Crippen molar-refractivity contribution in [1.29, 1.82) is 0 Å². The molecule has 88 valence electrons. The number of rotatable bonds is 5. The number of carboxylic acids is 1. The van der Waals surface area contributed by atoms with Crippen molar-refractivity contribution in [3.05, 3.63) is 29.6 Å². The Balaban J connectivity index is 2.86. The van der Waals surface area contributed by atoms with E-state index in [9.17, 15) is 9.18 Å². The van der Waals surface area contributed by atoms with E-state index in [4.69, 9.17) is 20.1 Å². The molecule has 6 heteroatoms. The number of aliphatic hydroxyl groups is 2. The van der Waals surface area contributed by atoms with Gasteiger partial charge >= 0.3 is 5.97 Å². The van der Waals surface area contributed by atoms with Crippen molar-refractivity contribution < 1.29 is 29.2 Å². The Kier molecular flexibility index (Phi) is 4.21.